The average Bonchev–Trinajstić information content (AvgIpc) is 2.45. The van der Waals surface area contributed by atoms with Gasteiger partial charge in [0.1, 0.15) is 17.6 Å². The van der Waals surface area contributed by atoms with Gasteiger partial charge >= 0.3 is 0 Å². The van der Waals surface area contributed by atoms with E-state index in [-0.39, 0.29) is 17.9 Å². The van der Waals surface area contributed by atoms with Gasteiger partial charge in [-0.3, -0.25) is 9.78 Å². The lowest BCUT2D eigenvalue weighted by Crippen LogP contribution is -2.12. The van der Waals surface area contributed by atoms with Crippen molar-refractivity contribution in [1.82, 2.24) is 4.98 Å². The van der Waals surface area contributed by atoms with Crippen LogP contribution in [0.1, 0.15) is 10.4 Å². The molecule has 20 heavy (non-hydrogen) atoms. The first-order chi connectivity index (χ1) is 9.69. The fourth-order valence-electron chi connectivity index (χ4n) is 1.53. The monoisotopic (exact) mass is 269 g/mol. The number of pyridine rings is 1. The second kappa shape index (κ2) is 6.20. The molecule has 0 aliphatic heterocycles. The second-order valence-electron chi connectivity index (χ2n) is 3.86. The van der Waals surface area contributed by atoms with Gasteiger partial charge in [-0.05, 0) is 18.2 Å². The number of nitriles is 1. The van der Waals surface area contributed by atoms with Crippen molar-refractivity contribution in [3.8, 4) is 17.6 Å². The van der Waals surface area contributed by atoms with E-state index in [1.807, 2.05) is 6.07 Å². The molecule has 2 aromatic rings. The molecule has 1 amide bonds. The maximum atomic E-state index is 11.9. The summed E-state index contributed by atoms with van der Waals surface area (Å²) in [5.74, 6) is 0.00738. The lowest BCUT2D eigenvalue weighted by Gasteiger charge is -2.07. The largest absolute Gasteiger partial charge is 0.506 e. The van der Waals surface area contributed by atoms with Gasteiger partial charge in [-0.25, -0.2) is 0 Å². The molecule has 2 rings (SSSR count). The van der Waals surface area contributed by atoms with Crippen molar-refractivity contribution in [3.05, 3.63) is 48.3 Å². The van der Waals surface area contributed by atoms with Crippen molar-refractivity contribution in [1.29, 1.82) is 5.26 Å². The molecule has 2 N–H and O–H groups in total. The van der Waals surface area contributed by atoms with E-state index in [0.29, 0.717) is 11.4 Å². The number of rotatable bonds is 4. The predicted octanol–water partition coefficient (Wildman–Crippen LogP) is 1.94. The Labute approximate surface area is 115 Å². The van der Waals surface area contributed by atoms with Crippen LogP contribution in [0.2, 0.25) is 0 Å². The van der Waals surface area contributed by atoms with Gasteiger partial charge in [0.2, 0.25) is 0 Å². The summed E-state index contributed by atoms with van der Waals surface area (Å²) in [4.78, 5) is 15.7. The first kappa shape index (κ1) is 13.4. The summed E-state index contributed by atoms with van der Waals surface area (Å²) in [6, 6.07) is 9.85. The number of carbonyl (C=O) groups excluding carboxylic acids is 1. The molecule has 0 atom stereocenters. The number of hydrogen-bond acceptors (Lipinski definition) is 5. The molecule has 0 saturated carbocycles. The molecule has 0 aliphatic carbocycles. The molecule has 0 bridgehead atoms. The van der Waals surface area contributed by atoms with Crippen LogP contribution in [0.4, 0.5) is 5.69 Å². The van der Waals surface area contributed by atoms with Gasteiger partial charge in [-0.15, -0.1) is 0 Å². The third kappa shape index (κ3) is 3.46. The Morgan fingerprint density at radius 2 is 2.25 bits per heavy atom. The number of anilines is 1. The zero-order chi connectivity index (χ0) is 14.4. The highest BCUT2D eigenvalue weighted by molar-refractivity contribution is 6.04. The highest BCUT2D eigenvalue weighted by atomic mass is 16.5. The van der Waals surface area contributed by atoms with Gasteiger partial charge in [-0.1, -0.05) is 6.07 Å². The minimum Gasteiger partial charge on any atom is -0.506 e. The van der Waals surface area contributed by atoms with Gasteiger partial charge in [-0.2, -0.15) is 5.26 Å². The summed E-state index contributed by atoms with van der Waals surface area (Å²) in [7, 11) is 0. The first-order valence-corrected chi connectivity index (χ1v) is 5.74. The molecular formula is C14H11N3O3. The van der Waals surface area contributed by atoms with Gasteiger partial charge in [0, 0.05) is 18.0 Å². The number of nitrogens with one attached hydrogen (secondary N) is 1. The van der Waals surface area contributed by atoms with Crippen LogP contribution in [0.3, 0.4) is 0 Å². The summed E-state index contributed by atoms with van der Waals surface area (Å²) in [6.07, 6.45) is 2.60. The minimum atomic E-state index is -0.397. The smallest absolute Gasteiger partial charge is 0.257 e. The maximum absolute atomic E-state index is 11.9. The molecule has 6 heteroatoms. The molecule has 0 fully saturated rings. The van der Waals surface area contributed by atoms with E-state index in [2.05, 4.69) is 10.3 Å². The maximum Gasteiger partial charge on any atom is 0.257 e. The molecule has 6 nitrogen and oxygen atoms in total. The number of hydrogen-bond donors (Lipinski definition) is 2. The van der Waals surface area contributed by atoms with Gasteiger partial charge < -0.3 is 15.2 Å². The van der Waals surface area contributed by atoms with Crippen LogP contribution in [0.25, 0.3) is 0 Å². The number of benzene rings is 1. The molecule has 1 aromatic carbocycles. The lowest BCUT2D eigenvalue weighted by atomic mass is 10.2. The van der Waals surface area contributed by atoms with Crippen molar-refractivity contribution in [2.24, 2.45) is 0 Å². The van der Waals surface area contributed by atoms with E-state index in [1.165, 1.54) is 18.5 Å². The Kier molecular flexibility index (Phi) is 4.14. The summed E-state index contributed by atoms with van der Waals surface area (Å²) < 4.78 is 5.14. The van der Waals surface area contributed by atoms with Gasteiger partial charge in [0.25, 0.3) is 5.91 Å². The van der Waals surface area contributed by atoms with E-state index in [1.54, 1.807) is 24.3 Å². The Balaban J connectivity index is 2.10. The standard InChI is InChI=1S/C14H11N3O3/c15-4-5-20-13-3-1-2-11(7-13)17-14(19)10-6-12(18)9-16-8-10/h1-3,6-9,18H,5H2,(H,17,19). The number of aromatic nitrogens is 1. The highest BCUT2D eigenvalue weighted by Crippen LogP contribution is 2.18. The minimum absolute atomic E-state index is 0.0616. The quantitative estimate of drug-likeness (QED) is 0.884. The Morgan fingerprint density at radius 1 is 1.40 bits per heavy atom. The third-order valence-corrected chi connectivity index (χ3v) is 2.38. The molecule has 100 valence electrons. The molecular weight excluding hydrogens is 258 g/mol. The Hall–Kier alpha value is -3.07. The van der Waals surface area contributed by atoms with Crippen molar-refractivity contribution in [2.45, 2.75) is 0 Å². The molecule has 0 unspecified atom stereocenters. The number of ether oxygens (including phenoxy) is 1. The summed E-state index contributed by atoms with van der Waals surface area (Å²) in [6.45, 7) is -0.0616. The number of nitrogens with zero attached hydrogens (tertiary/aromatic N) is 2. The zero-order valence-corrected chi connectivity index (χ0v) is 10.4. The third-order valence-electron chi connectivity index (χ3n) is 2.38. The number of amides is 1. The van der Waals surface area contributed by atoms with Crippen molar-refractivity contribution >= 4 is 11.6 Å². The van der Waals surface area contributed by atoms with Crippen LogP contribution in [0.15, 0.2) is 42.7 Å². The van der Waals surface area contributed by atoms with E-state index in [0.717, 1.165) is 0 Å². The second-order valence-corrected chi connectivity index (χ2v) is 3.86. The number of carbonyl (C=O) groups is 1. The Bertz CT molecular complexity index is 665. The summed E-state index contributed by atoms with van der Waals surface area (Å²) >= 11 is 0. The fourth-order valence-corrected chi connectivity index (χ4v) is 1.53. The zero-order valence-electron chi connectivity index (χ0n) is 10.4. The topological polar surface area (TPSA) is 95.2 Å². The summed E-state index contributed by atoms with van der Waals surface area (Å²) in [5, 5.41) is 20.4. The Morgan fingerprint density at radius 3 is 3.00 bits per heavy atom. The van der Waals surface area contributed by atoms with E-state index < -0.39 is 5.91 Å². The molecule has 1 aromatic heterocycles. The lowest BCUT2D eigenvalue weighted by molar-refractivity contribution is 0.102. The first-order valence-electron chi connectivity index (χ1n) is 5.74. The van der Waals surface area contributed by atoms with Crippen LogP contribution in [0.5, 0.6) is 11.5 Å². The normalized spacial score (nSPS) is 9.55. The van der Waals surface area contributed by atoms with Gasteiger partial charge in [0.05, 0.1) is 11.8 Å². The van der Waals surface area contributed by atoms with E-state index >= 15 is 0 Å². The van der Waals surface area contributed by atoms with Crippen LogP contribution in [0, 0.1) is 11.3 Å². The highest BCUT2D eigenvalue weighted by Gasteiger charge is 2.07. The molecule has 0 radical (unpaired) electrons. The average molecular weight is 269 g/mol. The molecule has 1 heterocycles. The van der Waals surface area contributed by atoms with Crippen molar-refractivity contribution in [3.63, 3.8) is 0 Å². The van der Waals surface area contributed by atoms with Crippen LogP contribution in [-0.2, 0) is 0 Å². The predicted molar refractivity (Wildman–Crippen MR) is 71.4 cm³/mol. The van der Waals surface area contributed by atoms with E-state index in [4.69, 9.17) is 10.00 Å². The van der Waals surface area contributed by atoms with Crippen molar-refractivity contribution < 1.29 is 14.6 Å². The summed E-state index contributed by atoms with van der Waals surface area (Å²) in [5.41, 5.74) is 0.766. The molecule has 0 spiro atoms. The van der Waals surface area contributed by atoms with Gasteiger partial charge in [0.15, 0.2) is 6.61 Å². The van der Waals surface area contributed by atoms with Crippen LogP contribution in [-0.4, -0.2) is 22.6 Å². The van der Waals surface area contributed by atoms with Crippen molar-refractivity contribution in [2.75, 3.05) is 11.9 Å². The van der Waals surface area contributed by atoms with Crippen LogP contribution >= 0.6 is 0 Å². The SMILES string of the molecule is N#CCOc1cccc(NC(=O)c2cncc(O)c2)c1. The molecule has 0 aliphatic rings. The van der Waals surface area contributed by atoms with Crippen LogP contribution < -0.4 is 10.1 Å². The number of aromatic hydroxyl groups is 1. The fraction of sp³-hybridized carbons (Fsp3) is 0.0714. The van der Waals surface area contributed by atoms with E-state index in [9.17, 15) is 9.90 Å². The molecule has 0 saturated heterocycles.